The fraction of sp³-hybridized carbons (Fsp3) is 0.846. The number of piperazine rings is 1. The van der Waals surface area contributed by atoms with Gasteiger partial charge in [-0.05, 0) is 19.8 Å². The summed E-state index contributed by atoms with van der Waals surface area (Å²) in [5.74, 6) is -0.175. The molecule has 0 aliphatic carbocycles. The number of amides is 2. The Balaban J connectivity index is 0.00000264. The average molecular weight is 369 g/mol. The van der Waals surface area contributed by atoms with Crippen molar-refractivity contribution in [1.82, 2.24) is 19.8 Å². The minimum absolute atomic E-state index is 0. The molecule has 8 nitrogen and oxygen atoms in total. The Labute approximate surface area is 143 Å². The minimum Gasteiger partial charge on any atom is -0.339 e. The standard InChI is InChI=1S/C13H24N4O4S.ClH/c1-10(15-22(2,20)21)13(19)16-6-3-4-11(9-16)17-7-5-14-8-12(17)18;/h10-11,14-15H,3-9H2,1-2H3;1H. The third-order valence-electron chi connectivity index (χ3n) is 4.04. The highest BCUT2D eigenvalue weighted by molar-refractivity contribution is 7.88. The summed E-state index contributed by atoms with van der Waals surface area (Å²) in [6, 6.07) is -0.759. The Morgan fingerprint density at radius 2 is 2.09 bits per heavy atom. The molecule has 23 heavy (non-hydrogen) atoms. The van der Waals surface area contributed by atoms with Gasteiger partial charge in [0.15, 0.2) is 0 Å². The molecule has 2 saturated heterocycles. The normalized spacial score (nSPS) is 24.1. The van der Waals surface area contributed by atoms with Crippen molar-refractivity contribution in [3.05, 3.63) is 0 Å². The summed E-state index contributed by atoms with van der Waals surface area (Å²) in [5, 5.41) is 3.03. The molecule has 0 spiro atoms. The molecule has 0 saturated carbocycles. The molecule has 0 radical (unpaired) electrons. The van der Waals surface area contributed by atoms with Crippen LogP contribution in [0.2, 0.25) is 0 Å². The number of hydrogen-bond donors (Lipinski definition) is 2. The second-order valence-electron chi connectivity index (χ2n) is 5.96. The smallest absolute Gasteiger partial charge is 0.240 e. The molecule has 2 fully saturated rings. The molecule has 2 aliphatic heterocycles. The van der Waals surface area contributed by atoms with Crippen LogP contribution in [0.25, 0.3) is 0 Å². The summed E-state index contributed by atoms with van der Waals surface area (Å²) in [7, 11) is -3.42. The van der Waals surface area contributed by atoms with Gasteiger partial charge in [0.05, 0.1) is 18.8 Å². The van der Waals surface area contributed by atoms with Crippen LogP contribution >= 0.6 is 12.4 Å². The second kappa shape index (κ2) is 8.27. The number of likely N-dealkylation sites (tertiary alicyclic amines) is 1. The van der Waals surface area contributed by atoms with Gasteiger partial charge in [0.2, 0.25) is 21.8 Å². The molecule has 2 unspecified atom stereocenters. The molecule has 134 valence electrons. The van der Waals surface area contributed by atoms with Crippen LogP contribution < -0.4 is 10.0 Å². The van der Waals surface area contributed by atoms with Crippen molar-refractivity contribution in [2.24, 2.45) is 0 Å². The maximum atomic E-state index is 12.4. The van der Waals surface area contributed by atoms with Gasteiger partial charge in [0, 0.05) is 32.2 Å². The van der Waals surface area contributed by atoms with Gasteiger partial charge in [0.1, 0.15) is 0 Å². The summed E-state index contributed by atoms with van der Waals surface area (Å²) < 4.78 is 24.8. The van der Waals surface area contributed by atoms with Crippen molar-refractivity contribution in [2.45, 2.75) is 31.8 Å². The van der Waals surface area contributed by atoms with Crippen LogP contribution in [-0.4, -0.2) is 81.1 Å². The Morgan fingerprint density at radius 1 is 1.39 bits per heavy atom. The highest BCUT2D eigenvalue weighted by atomic mass is 35.5. The van der Waals surface area contributed by atoms with Crippen LogP contribution in [0.5, 0.6) is 0 Å². The lowest BCUT2D eigenvalue weighted by molar-refractivity contribution is -0.141. The largest absolute Gasteiger partial charge is 0.339 e. The molecule has 2 atom stereocenters. The lowest BCUT2D eigenvalue weighted by atomic mass is 10.0. The van der Waals surface area contributed by atoms with Gasteiger partial charge in [-0.1, -0.05) is 0 Å². The first-order chi connectivity index (χ1) is 10.3. The number of carbonyl (C=O) groups is 2. The van der Waals surface area contributed by atoms with Crippen LogP contribution in [-0.2, 0) is 19.6 Å². The van der Waals surface area contributed by atoms with E-state index in [2.05, 4.69) is 10.0 Å². The van der Waals surface area contributed by atoms with Crippen LogP contribution in [0, 0.1) is 0 Å². The summed E-state index contributed by atoms with van der Waals surface area (Å²) >= 11 is 0. The van der Waals surface area contributed by atoms with E-state index in [-0.39, 0.29) is 30.3 Å². The number of nitrogens with zero attached hydrogens (tertiary/aromatic N) is 2. The molecule has 2 rings (SSSR count). The fourth-order valence-electron chi connectivity index (χ4n) is 3.06. The van der Waals surface area contributed by atoms with Gasteiger partial charge in [0.25, 0.3) is 0 Å². The Bertz CT molecular complexity index is 542. The zero-order chi connectivity index (χ0) is 16.3. The molecule has 2 heterocycles. The molecular formula is C13H25ClN4O4S. The first-order valence-electron chi connectivity index (χ1n) is 7.54. The van der Waals surface area contributed by atoms with E-state index >= 15 is 0 Å². The lowest BCUT2D eigenvalue weighted by Gasteiger charge is -2.41. The molecule has 0 aromatic rings. The van der Waals surface area contributed by atoms with E-state index in [4.69, 9.17) is 0 Å². The van der Waals surface area contributed by atoms with Crippen molar-refractivity contribution in [1.29, 1.82) is 0 Å². The van der Waals surface area contributed by atoms with E-state index in [1.807, 2.05) is 4.90 Å². The lowest BCUT2D eigenvalue weighted by Crippen LogP contribution is -2.59. The predicted molar refractivity (Wildman–Crippen MR) is 88.9 cm³/mol. The van der Waals surface area contributed by atoms with Gasteiger partial charge < -0.3 is 15.1 Å². The minimum atomic E-state index is -3.42. The zero-order valence-corrected chi connectivity index (χ0v) is 15.1. The maximum Gasteiger partial charge on any atom is 0.240 e. The van der Waals surface area contributed by atoms with Gasteiger partial charge in [-0.15, -0.1) is 12.4 Å². The van der Waals surface area contributed by atoms with Gasteiger partial charge >= 0.3 is 0 Å². The number of hydrogen-bond acceptors (Lipinski definition) is 5. The topological polar surface area (TPSA) is 98.8 Å². The van der Waals surface area contributed by atoms with E-state index in [1.165, 1.54) is 0 Å². The molecule has 2 N–H and O–H groups in total. The number of rotatable bonds is 4. The maximum absolute atomic E-state index is 12.4. The third kappa shape index (κ3) is 5.59. The second-order valence-corrected chi connectivity index (χ2v) is 7.74. The van der Waals surface area contributed by atoms with E-state index < -0.39 is 16.1 Å². The first kappa shape index (κ1) is 20.1. The highest BCUT2D eigenvalue weighted by Crippen LogP contribution is 2.17. The summed E-state index contributed by atoms with van der Waals surface area (Å²) in [5.41, 5.74) is 0. The zero-order valence-electron chi connectivity index (χ0n) is 13.4. The van der Waals surface area contributed by atoms with Gasteiger partial charge in [-0.2, -0.15) is 0 Å². The molecular weight excluding hydrogens is 344 g/mol. The molecule has 0 aromatic carbocycles. The highest BCUT2D eigenvalue weighted by Gasteiger charge is 2.33. The summed E-state index contributed by atoms with van der Waals surface area (Å²) in [4.78, 5) is 27.8. The monoisotopic (exact) mass is 368 g/mol. The van der Waals surface area contributed by atoms with Crippen LogP contribution in [0.3, 0.4) is 0 Å². The Hall–Kier alpha value is -0.900. The predicted octanol–water partition coefficient (Wildman–Crippen LogP) is -1.23. The number of nitrogens with one attached hydrogen (secondary N) is 2. The third-order valence-corrected chi connectivity index (χ3v) is 4.82. The van der Waals surface area contributed by atoms with E-state index in [0.717, 1.165) is 25.6 Å². The molecule has 2 aliphatic rings. The first-order valence-corrected chi connectivity index (χ1v) is 9.43. The summed E-state index contributed by atoms with van der Waals surface area (Å²) in [6.07, 6.45) is 2.73. The molecule has 10 heteroatoms. The fourth-order valence-corrected chi connectivity index (χ4v) is 3.81. The van der Waals surface area contributed by atoms with Crippen LogP contribution in [0.15, 0.2) is 0 Å². The van der Waals surface area contributed by atoms with E-state index in [0.29, 0.717) is 26.2 Å². The van der Waals surface area contributed by atoms with Crippen molar-refractivity contribution in [3.63, 3.8) is 0 Å². The van der Waals surface area contributed by atoms with Crippen molar-refractivity contribution in [3.8, 4) is 0 Å². The van der Waals surface area contributed by atoms with E-state index in [9.17, 15) is 18.0 Å². The van der Waals surface area contributed by atoms with Gasteiger partial charge in [-0.3, -0.25) is 9.59 Å². The quantitative estimate of drug-likeness (QED) is 0.647. The number of carbonyl (C=O) groups excluding carboxylic acids is 2. The molecule has 2 amide bonds. The molecule has 0 bridgehead atoms. The SMILES string of the molecule is CC(NS(C)(=O)=O)C(=O)N1CCCC(N2CCNCC2=O)C1.Cl. The number of piperidine rings is 1. The van der Waals surface area contributed by atoms with Gasteiger partial charge in [-0.25, -0.2) is 13.1 Å². The van der Waals surface area contributed by atoms with Crippen LogP contribution in [0.1, 0.15) is 19.8 Å². The van der Waals surface area contributed by atoms with Crippen LogP contribution in [0.4, 0.5) is 0 Å². The molecule has 0 aromatic heterocycles. The van der Waals surface area contributed by atoms with Crippen molar-refractivity contribution >= 4 is 34.2 Å². The summed E-state index contributed by atoms with van der Waals surface area (Å²) in [6.45, 7) is 4.39. The van der Waals surface area contributed by atoms with Crippen molar-refractivity contribution in [2.75, 3.05) is 39.0 Å². The van der Waals surface area contributed by atoms with Crippen molar-refractivity contribution < 1.29 is 18.0 Å². The number of halogens is 1. The van der Waals surface area contributed by atoms with E-state index in [1.54, 1.807) is 11.8 Å². The number of sulfonamides is 1. The Kier molecular flexibility index (Phi) is 7.25. The average Bonchev–Trinajstić information content (AvgIpc) is 2.45. The Morgan fingerprint density at radius 3 is 2.70 bits per heavy atom.